The number of amides is 2. The Bertz CT molecular complexity index is 496. The summed E-state index contributed by atoms with van der Waals surface area (Å²) in [5.74, 6) is -1.26. The van der Waals surface area contributed by atoms with Gasteiger partial charge in [0, 0.05) is 6.42 Å². The van der Waals surface area contributed by atoms with Crippen LogP contribution in [0, 0.1) is 19.7 Å². The normalized spacial score (nSPS) is 20.3. The van der Waals surface area contributed by atoms with Crippen LogP contribution < -0.4 is 5.32 Å². The number of rotatable bonds is 1. The van der Waals surface area contributed by atoms with Crippen molar-refractivity contribution in [3.05, 3.63) is 34.6 Å². The van der Waals surface area contributed by atoms with E-state index >= 15 is 0 Å². The van der Waals surface area contributed by atoms with Gasteiger partial charge in [-0.1, -0.05) is 12.1 Å². The van der Waals surface area contributed by atoms with Crippen molar-refractivity contribution >= 4 is 11.8 Å². The molecule has 17 heavy (non-hydrogen) atoms. The molecule has 2 rings (SSSR count). The van der Waals surface area contributed by atoms with Crippen LogP contribution in [0.3, 0.4) is 0 Å². The van der Waals surface area contributed by atoms with Crippen LogP contribution in [0.2, 0.25) is 0 Å². The van der Waals surface area contributed by atoms with E-state index in [0.29, 0.717) is 29.5 Å². The summed E-state index contributed by atoms with van der Waals surface area (Å²) in [6, 6.07) is 3.44. The van der Waals surface area contributed by atoms with Gasteiger partial charge >= 0.3 is 0 Å². The second-order valence-electron chi connectivity index (χ2n) is 4.41. The van der Waals surface area contributed by atoms with E-state index in [9.17, 15) is 14.0 Å². The summed E-state index contributed by atoms with van der Waals surface area (Å²) in [6.07, 6.45) is 0.763. The summed E-state index contributed by atoms with van der Waals surface area (Å²) in [5, 5.41) is 2.29. The van der Waals surface area contributed by atoms with E-state index in [4.69, 9.17) is 0 Å². The predicted octanol–water partition coefficient (Wildman–Crippen LogP) is 1.96. The monoisotopic (exact) mass is 235 g/mol. The molecule has 1 heterocycles. The van der Waals surface area contributed by atoms with Gasteiger partial charge in [-0.25, -0.2) is 4.39 Å². The fraction of sp³-hybridized carbons (Fsp3) is 0.385. The molecule has 0 spiro atoms. The standard InChI is InChI=1S/C13H14FNO2/c1-7-3-4-9(8(2)12(7)14)10-5-6-11(16)15-13(10)17/h3-4,10H,5-6H2,1-2H3,(H,15,16,17). The number of halogens is 1. The van der Waals surface area contributed by atoms with Gasteiger partial charge in [-0.2, -0.15) is 0 Å². The van der Waals surface area contributed by atoms with Crippen LogP contribution in [0.1, 0.15) is 35.4 Å². The second kappa shape index (κ2) is 4.28. The number of aryl methyl sites for hydroxylation is 1. The van der Waals surface area contributed by atoms with Crippen LogP contribution in [-0.2, 0) is 9.59 Å². The molecule has 90 valence electrons. The molecule has 1 aliphatic rings. The van der Waals surface area contributed by atoms with E-state index in [-0.39, 0.29) is 17.6 Å². The van der Waals surface area contributed by atoms with Gasteiger partial charge in [0.25, 0.3) is 0 Å². The van der Waals surface area contributed by atoms with Crippen molar-refractivity contribution in [2.45, 2.75) is 32.6 Å². The molecule has 0 saturated carbocycles. The van der Waals surface area contributed by atoms with Crippen molar-refractivity contribution in [3.8, 4) is 0 Å². The van der Waals surface area contributed by atoms with E-state index in [1.54, 1.807) is 26.0 Å². The van der Waals surface area contributed by atoms with Gasteiger partial charge in [-0.15, -0.1) is 0 Å². The highest BCUT2D eigenvalue weighted by Crippen LogP contribution is 2.29. The Morgan fingerprint density at radius 2 is 2.00 bits per heavy atom. The first-order chi connectivity index (χ1) is 8.00. The molecular formula is C13H14FNO2. The minimum Gasteiger partial charge on any atom is -0.296 e. The van der Waals surface area contributed by atoms with Gasteiger partial charge in [-0.05, 0) is 37.0 Å². The molecule has 1 N–H and O–H groups in total. The van der Waals surface area contributed by atoms with Crippen LogP contribution in [0.25, 0.3) is 0 Å². The Hall–Kier alpha value is -1.71. The van der Waals surface area contributed by atoms with Crippen molar-refractivity contribution in [3.63, 3.8) is 0 Å². The molecule has 3 nitrogen and oxygen atoms in total. The smallest absolute Gasteiger partial charge is 0.234 e. The summed E-state index contributed by atoms with van der Waals surface area (Å²) in [6.45, 7) is 3.36. The first-order valence-electron chi connectivity index (χ1n) is 5.60. The highest BCUT2D eigenvalue weighted by atomic mass is 19.1. The minimum absolute atomic E-state index is 0.253. The highest BCUT2D eigenvalue weighted by molar-refractivity contribution is 6.01. The lowest BCUT2D eigenvalue weighted by Gasteiger charge is -2.23. The third-order valence-electron chi connectivity index (χ3n) is 3.24. The zero-order valence-electron chi connectivity index (χ0n) is 9.84. The Balaban J connectivity index is 2.38. The van der Waals surface area contributed by atoms with Gasteiger partial charge in [-0.3, -0.25) is 14.9 Å². The summed E-state index contributed by atoms with van der Waals surface area (Å²) < 4.78 is 13.8. The van der Waals surface area contributed by atoms with E-state index in [1.165, 1.54) is 0 Å². The number of benzene rings is 1. The SMILES string of the molecule is Cc1ccc(C2CCC(=O)NC2=O)c(C)c1F. The zero-order chi connectivity index (χ0) is 12.6. The Morgan fingerprint density at radius 3 is 2.65 bits per heavy atom. The maximum atomic E-state index is 13.8. The largest absolute Gasteiger partial charge is 0.296 e. The van der Waals surface area contributed by atoms with Crippen molar-refractivity contribution in [1.82, 2.24) is 5.32 Å². The fourth-order valence-electron chi connectivity index (χ4n) is 2.20. The van der Waals surface area contributed by atoms with E-state index < -0.39 is 5.92 Å². The van der Waals surface area contributed by atoms with Crippen LogP contribution in [-0.4, -0.2) is 11.8 Å². The molecule has 1 aromatic carbocycles. The number of hydrogen-bond donors (Lipinski definition) is 1. The van der Waals surface area contributed by atoms with Crippen molar-refractivity contribution in [1.29, 1.82) is 0 Å². The van der Waals surface area contributed by atoms with E-state index in [2.05, 4.69) is 5.32 Å². The number of imide groups is 1. The van der Waals surface area contributed by atoms with Crippen molar-refractivity contribution < 1.29 is 14.0 Å². The van der Waals surface area contributed by atoms with E-state index in [1.807, 2.05) is 0 Å². The number of nitrogens with one attached hydrogen (secondary N) is 1. The van der Waals surface area contributed by atoms with Crippen LogP contribution in [0.5, 0.6) is 0 Å². The Kier molecular flexibility index (Phi) is 2.96. The van der Waals surface area contributed by atoms with Gasteiger partial charge < -0.3 is 0 Å². The fourth-order valence-corrected chi connectivity index (χ4v) is 2.20. The third kappa shape index (κ3) is 2.07. The summed E-state index contributed by atoms with van der Waals surface area (Å²) in [5.41, 5.74) is 1.75. The Morgan fingerprint density at radius 1 is 1.29 bits per heavy atom. The number of carbonyl (C=O) groups is 2. The lowest BCUT2D eigenvalue weighted by molar-refractivity contribution is -0.134. The summed E-state index contributed by atoms with van der Waals surface area (Å²) >= 11 is 0. The van der Waals surface area contributed by atoms with Crippen molar-refractivity contribution in [2.75, 3.05) is 0 Å². The van der Waals surface area contributed by atoms with Gasteiger partial charge in [0.15, 0.2) is 0 Å². The van der Waals surface area contributed by atoms with Gasteiger partial charge in [0.05, 0.1) is 5.92 Å². The molecule has 1 unspecified atom stereocenters. The topological polar surface area (TPSA) is 46.2 Å². The average Bonchev–Trinajstić information content (AvgIpc) is 2.28. The minimum atomic E-state index is -0.414. The molecule has 1 saturated heterocycles. The zero-order valence-corrected chi connectivity index (χ0v) is 9.84. The maximum absolute atomic E-state index is 13.8. The molecule has 1 atom stereocenters. The predicted molar refractivity (Wildman–Crippen MR) is 61.0 cm³/mol. The van der Waals surface area contributed by atoms with E-state index in [0.717, 1.165) is 0 Å². The van der Waals surface area contributed by atoms with Crippen LogP contribution in [0.4, 0.5) is 4.39 Å². The third-order valence-corrected chi connectivity index (χ3v) is 3.24. The lowest BCUT2D eigenvalue weighted by atomic mass is 9.87. The molecule has 0 radical (unpaired) electrons. The second-order valence-corrected chi connectivity index (χ2v) is 4.41. The summed E-state index contributed by atoms with van der Waals surface area (Å²) in [7, 11) is 0. The quantitative estimate of drug-likeness (QED) is 0.756. The molecule has 0 bridgehead atoms. The number of hydrogen-bond acceptors (Lipinski definition) is 2. The molecule has 0 aliphatic carbocycles. The molecule has 1 aliphatic heterocycles. The molecular weight excluding hydrogens is 221 g/mol. The number of piperidine rings is 1. The maximum Gasteiger partial charge on any atom is 0.234 e. The average molecular weight is 235 g/mol. The molecule has 4 heteroatoms. The number of carbonyl (C=O) groups excluding carboxylic acids is 2. The van der Waals surface area contributed by atoms with Gasteiger partial charge in [0.2, 0.25) is 11.8 Å². The molecule has 0 aromatic heterocycles. The Labute approximate surface area is 99.0 Å². The molecule has 1 aromatic rings. The lowest BCUT2D eigenvalue weighted by Crippen LogP contribution is -2.39. The van der Waals surface area contributed by atoms with Crippen molar-refractivity contribution in [2.24, 2.45) is 0 Å². The van der Waals surface area contributed by atoms with Gasteiger partial charge in [0.1, 0.15) is 5.82 Å². The first kappa shape index (κ1) is 11.8. The van der Waals surface area contributed by atoms with Crippen LogP contribution >= 0.6 is 0 Å². The highest BCUT2D eigenvalue weighted by Gasteiger charge is 2.29. The molecule has 1 fully saturated rings. The molecule has 2 amide bonds. The summed E-state index contributed by atoms with van der Waals surface area (Å²) in [4.78, 5) is 22.7. The first-order valence-corrected chi connectivity index (χ1v) is 5.60. The van der Waals surface area contributed by atoms with Crippen LogP contribution in [0.15, 0.2) is 12.1 Å².